The van der Waals surface area contributed by atoms with Gasteiger partial charge in [-0.25, -0.2) is 0 Å². The highest BCUT2D eigenvalue weighted by Crippen LogP contribution is 2.58. The zero-order chi connectivity index (χ0) is 18.3. The third-order valence-electron chi connectivity index (χ3n) is 5.55. The number of hydrogen-bond acceptors (Lipinski definition) is 4. The lowest BCUT2D eigenvalue weighted by Gasteiger charge is -2.38. The van der Waals surface area contributed by atoms with Gasteiger partial charge in [0.05, 0.1) is 14.2 Å². The van der Waals surface area contributed by atoms with E-state index in [4.69, 9.17) is 18.8 Å². The lowest BCUT2D eigenvalue weighted by molar-refractivity contribution is 0.0487. The predicted molar refractivity (Wildman–Crippen MR) is 103 cm³/mol. The van der Waals surface area contributed by atoms with Crippen molar-refractivity contribution >= 4 is 7.12 Å². The number of unbranched alkanes of at least 4 members (excludes halogenated alkanes) is 1. The Kier molecular flexibility index (Phi) is 4.45. The summed E-state index contributed by atoms with van der Waals surface area (Å²) in [5.74, 6) is 1.48. The first-order valence-corrected chi connectivity index (χ1v) is 9.32. The molecule has 0 aromatic heterocycles. The fraction of sp³-hybridized carbons (Fsp3) is 0.429. The average molecular weight is 352 g/mol. The van der Waals surface area contributed by atoms with Gasteiger partial charge in [-0.15, -0.1) is 0 Å². The molecule has 0 amide bonds. The van der Waals surface area contributed by atoms with Crippen molar-refractivity contribution in [3.8, 4) is 22.6 Å². The van der Waals surface area contributed by atoms with Crippen LogP contribution < -0.4 is 9.47 Å². The lowest BCUT2D eigenvalue weighted by atomic mass is 9.74. The van der Waals surface area contributed by atoms with Gasteiger partial charge < -0.3 is 18.8 Å². The summed E-state index contributed by atoms with van der Waals surface area (Å²) < 4.78 is 24.2. The first kappa shape index (κ1) is 17.4. The van der Waals surface area contributed by atoms with Gasteiger partial charge in [-0.1, -0.05) is 50.1 Å². The van der Waals surface area contributed by atoms with Gasteiger partial charge in [-0.3, -0.25) is 0 Å². The van der Waals surface area contributed by atoms with Crippen LogP contribution in [0.3, 0.4) is 0 Å². The zero-order valence-electron chi connectivity index (χ0n) is 15.9. The molecule has 0 bridgehead atoms. The number of ether oxygens (including phenoxy) is 2. The van der Waals surface area contributed by atoms with E-state index in [1.54, 1.807) is 14.2 Å². The highest BCUT2D eigenvalue weighted by Gasteiger charge is 2.54. The van der Waals surface area contributed by atoms with Crippen molar-refractivity contribution in [3.05, 3.63) is 47.5 Å². The monoisotopic (exact) mass is 352 g/mol. The quantitative estimate of drug-likeness (QED) is 0.712. The summed E-state index contributed by atoms with van der Waals surface area (Å²) in [6.45, 7) is 4.33. The second-order valence-corrected chi connectivity index (χ2v) is 7.12. The summed E-state index contributed by atoms with van der Waals surface area (Å²) in [5, 5.41) is 0. The molecule has 1 fully saturated rings. The second kappa shape index (κ2) is 6.64. The Morgan fingerprint density at radius 1 is 1.12 bits per heavy atom. The van der Waals surface area contributed by atoms with Crippen molar-refractivity contribution in [2.24, 2.45) is 0 Å². The summed E-state index contributed by atoms with van der Waals surface area (Å²) in [6.07, 6.45) is 2.97. The predicted octanol–water partition coefficient (Wildman–Crippen LogP) is 4.98. The molecule has 4 rings (SSSR count). The van der Waals surface area contributed by atoms with Crippen molar-refractivity contribution in [2.45, 2.75) is 44.7 Å². The molecule has 2 aromatic carbocycles. The van der Waals surface area contributed by atoms with E-state index in [2.05, 4.69) is 44.2 Å². The minimum absolute atomic E-state index is 0.158. The molecule has 2 atom stereocenters. The second-order valence-electron chi connectivity index (χ2n) is 7.12. The summed E-state index contributed by atoms with van der Waals surface area (Å²) in [4.78, 5) is 0. The van der Waals surface area contributed by atoms with Gasteiger partial charge in [-0.05, 0) is 36.0 Å². The van der Waals surface area contributed by atoms with E-state index < -0.39 is 5.60 Å². The Morgan fingerprint density at radius 2 is 1.92 bits per heavy atom. The van der Waals surface area contributed by atoms with Gasteiger partial charge in [0.15, 0.2) is 11.5 Å². The maximum Gasteiger partial charge on any atom is 0.458 e. The molecule has 1 heterocycles. The van der Waals surface area contributed by atoms with Crippen molar-refractivity contribution < 1.29 is 18.8 Å². The van der Waals surface area contributed by atoms with Gasteiger partial charge in [0.1, 0.15) is 11.7 Å². The lowest BCUT2D eigenvalue weighted by Crippen LogP contribution is -2.32. The molecule has 5 heteroatoms. The van der Waals surface area contributed by atoms with Crippen LogP contribution in [-0.2, 0) is 14.9 Å². The number of hydrogen-bond donors (Lipinski definition) is 0. The van der Waals surface area contributed by atoms with Gasteiger partial charge in [-0.2, -0.15) is 0 Å². The van der Waals surface area contributed by atoms with Crippen LogP contribution in [0.4, 0.5) is 0 Å². The minimum atomic E-state index is -0.498. The summed E-state index contributed by atoms with van der Waals surface area (Å²) in [7, 11) is 3.17. The van der Waals surface area contributed by atoms with Crippen molar-refractivity contribution in [2.75, 3.05) is 14.2 Å². The molecule has 0 unspecified atom stereocenters. The molecule has 2 aromatic rings. The normalized spacial score (nSPS) is 23.2. The third kappa shape index (κ3) is 2.45. The fourth-order valence-corrected chi connectivity index (χ4v) is 4.29. The van der Waals surface area contributed by atoms with Crippen LogP contribution >= 0.6 is 0 Å². The van der Waals surface area contributed by atoms with Crippen LogP contribution in [0.25, 0.3) is 11.1 Å². The van der Waals surface area contributed by atoms with Crippen LogP contribution in [0.2, 0.25) is 6.32 Å². The van der Waals surface area contributed by atoms with E-state index in [1.165, 1.54) is 0 Å². The molecule has 0 saturated carbocycles. The number of fused-ring (bicyclic) bond motifs is 6. The van der Waals surface area contributed by atoms with Crippen LogP contribution in [0.15, 0.2) is 36.4 Å². The highest BCUT2D eigenvalue weighted by molar-refractivity contribution is 6.45. The maximum absolute atomic E-state index is 6.47. The van der Waals surface area contributed by atoms with Gasteiger partial charge in [0, 0.05) is 5.56 Å². The largest absolute Gasteiger partial charge is 0.493 e. The first-order chi connectivity index (χ1) is 12.6. The standard InChI is InChI=1S/C21H25BO4/c1-5-6-13-22-25-20-15-11-12-17(23-3)19(24-4)18(15)14-9-7-8-10-16(14)21(20,2)26-22/h7-12,20H,5-6,13H2,1-4H3/t20-,21+/m0/s1. The van der Waals surface area contributed by atoms with Gasteiger partial charge in [0.2, 0.25) is 0 Å². The van der Waals surface area contributed by atoms with Crippen molar-refractivity contribution in [1.29, 1.82) is 0 Å². The Labute approximate surface area is 155 Å². The fourth-order valence-electron chi connectivity index (χ4n) is 4.29. The van der Waals surface area contributed by atoms with Crippen LogP contribution in [0.5, 0.6) is 11.5 Å². The molecule has 4 nitrogen and oxygen atoms in total. The Hall–Kier alpha value is -1.98. The average Bonchev–Trinajstić information content (AvgIpc) is 3.03. The Bertz CT molecular complexity index is 822. The zero-order valence-corrected chi connectivity index (χ0v) is 15.9. The molecule has 2 aliphatic rings. The molecule has 1 aliphatic heterocycles. The van der Waals surface area contributed by atoms with Crippen LogP contribution in [0.1, 0.15) is 43.9 Å². The smallest absolute Gasteiger partial charge is 0.458 e. The molecule has 1 saturated heterocycles. The highest BCUT2D eigenvalue weighted by atomic mass is 16.7. The Morgan fingerprint density at radius 3 is 2.65 bits per heavy atom. The first-order valence-electron chi connectivity index (χ1n) is 9.32. The third-order valence-corrected chi connectivity index (χ3v) is 5.55. The molecule has 1 aliphatic carbocycles. The molecule has 136 valence electrons. The number of benzene rings is 2. The summed E-state index contributed by atoms with van der Waals surface area (Å²) in [6, 6.07) is 12.4. The van der Waals surface area contributed by atoms with Crippen molar-refractivity contribution in [3.63, 3.8) is 0 Å². The van der Waals surface area contributed by atoms with E-state index >= 15 is 0 Å². The molecule has 0 spiro atoms. The molecular formula is C21H25BO4. The van der Waals surface area contributed by atoms with Gasteiger partial charge in [0.25, 0.3) is 0 Å². The number of methoxy groups -OCH3 is 2. The maximum atomic E-state index is 6.47. The molecule has 0 N–H and O–H groups in total. The Balaban J connectivity index is 1.91. The van der Waals surface area contributed by atoms with E-state index in [0.717, 1.165) is 52.9 Å². The van der Waals surface area contributed by atoms with Crippen LogP contribution in [0, 0.1) is 0 Å². The van der Waals surface area contributed by atoms with E-state index in [0.29, 0.717) is 0 Å². The van der Waals surface area contributed by atoms with Crippen LogP contribution in [-0.4, -0.2) is 21.3 Å². The number of rotatable bonds is 5. The van der Waals surface area contributed by atoms with E-state index in [9.17, 15) is 0 Å². The van der Waals surface area contributed by atoms with E-state index in [1.807, 2.05) is 6.07 Å². The topological polar surface area (TPSA) is 36.9 Å². The SMILES string of the molecule is CCCCB1O[C@H]2c3ccc(OC)c(OC)c3-c3ccccc3[C@@]2(C)O1. The van der Waals surface area contributed by atoms with Gasteiger partial charge >= 0.3 is 7.12 Å². The van der Waals surface area contributed by atoms with E-state index in [-0.39, 0.29) is 13.2 Å². The molecule has 26 heavy (non-hydrogen) atoms. The minimum Gasteiger partial charge on any atom is -0.493 e. The molecule has 0 radical (unpaired) electrons. The summed E-state index contributed by atoms with van der Waals surface area (Å²) in [5.41, 5.74) is 3.91. The summed E-state index contributed by atoms with van der Waals surface area (Å²) >= 11 is 0. The molecular weight excluding hydrogens is 327 g/mol. The van der Waals surface area contributed by atoms with Crippen molar-refractivity contribution in [1.82, 2.24) is 0 Å².